The van der Waals surface area contributed by atoms with Crippen LogP contribution in [0.25, 0.3) is 5.53 Å². The highest BCUT2D eigenvalue weighted by molar-refractivity contribution is 5.97. The number of nitrogens with zero attached hydrogens (tertiary/aromatic N) is 3. The van der Waals surface area contributed by atoms with E-state index in [2.05, 4.69) is 23.5 Å². The van der Waals surface area contributed by atoms with Crippen molar-refractivity contribution in [3.05, 3.63) is 28.8 Å². The van der Waals surface area contributed by atoms with Gasteiger partial charge in [-0.15, -0.1) is 0 Å². The van der Waals surface area contributed by atoms with Crippen LogP contribution in [0, 0.1) is 0 Å². The first kappa shape index (κ1) is 17.3. The standard InChI is InChI=1S/C16H27N3O2/c1-5-9-19(10-6-2)14-12-15(20-7-3)13(18-17)11-16(14)21-8-4/h12H,5-11H2,1-4H3. The van der Waals surface area contributed by atoms with Gasteiger partial charge in [0, 0.05) is 19.2 Å². The van der Waals surface area contributed by atoms with Gasteiger partial charge in [-0.2, -0.15) is 4.79 Å². The highest BCUT2D eigenvalue weighted by Crippen LogP contribution is 2.26. The fraction of sp³-hybridized carbons (Fsp3) is 0.688. The summed E-state index contributed by atoms with van der Waals surface area (Å²) in [4.78, 5) is 5.67. The van der Waals surface area contributed by atoms with E-state index >= 15 is 0 Å². The molecule has 5 heteroatoms. The topological polar surface area (TPSA) is 58.1 Å². The van der Waals surface area contributed by atoms with Gasteiger partial charge >= 0.3 is 5.71 Å². The maximum Gasteiger partial charge on any atom is 0.341 e. The third-order valence-corrected chi connectivity index (χ3v) is 3.23. The van der Waals surface area contributed by atoms with Gasteiger partial charge in [0.25, 0.3) is 0 Å². The minimum absolute atomic E-state index is 0.468. The summed E-state index contributed by atoms with van der Waals surface area (Å²) in [5.41, 5.74) is 10.8. The van der Waals surface area contributed by atoms with Crippen LogP contribution in [0.5, 0.6) is 0 Å². The van der Waals surface area contributed by atoms with E-state index in [0.717, 1.165) is 37.4 Å². The van der Waals surface area contributed by atoms with Gasteiger partial charge in [-0.05, 0) is 26.7 Å². The van der Waals surface area contributed by atoms with Crippen molar-refractivity contribution >= 4 is 5.71 Å². The molecule has 5 nitrogen and oxygen atoms in total. The summed E-state index contributed by atoms with van der Waals surface area (Å²) in [6.45, 7) is 11.3. The summed E-state index contributed by atoms with van der Waals surface area (Å²) in [6.07, 6.45) is 4.55. The van der Waals surface area contributed by atoms with Crippen LogP contribution in [0.3, 0.4) is 0 Å². The van der Waals surface area contributed by atoms with E-state index in [-0.39, 0.29) is 0 Å². The smallest absolute Gasteiger partial charge is 0.341 e. The van der Waals surface area contributed by atoms with Crippen molar-refractivity contribution in [3.8, 4) is 0 Å². The summed E-state index contributed by atoms with van der Waals surface area (Å²) in [5, 5.41) is 0. The van der Waals surface area contributed by atoms with E-state index in [1.807, 2.05) is 19.9 Å². The minimum Gasteiger partial charge on any atom is -0.495 e. The quantitative estimate of drug-likeness (QED) is 0.484. The van der Waals surface area contributed by atoms with Crippen LogP contribution in [0.2, 0.25) is 0 Å². The Bertz CT molecular complexity index is 442. The zero-order chi connectivity index (χ0) is 15.7. The highest BCUT2D eigenvalue weighted by Gasteiger charge is 2.29. The molecule has 0 unspecified atom stereocenters. The van der Waals surface area contributed by atoms with E-state index in [4.69, 9.17) is 9.47 Å². The van der Waals surface area contributed by atoms with E-state index in [9.17, 15) is 5.53 Å². The molecule has 1 aliphatic carbocycles. The Morgan fingerprint density at radius 2 is 1.71 bits per heavy atom. The zero-order valence-corrected chi connectivity index (χ0v) is 13.7. The fourth-order valence-electron chi connectivity index (χ4n) is 2.44. The Labute approximate surface area is 127 Å². The molecule has 0 bridgehead atoms. The van der Waals surface area contributed by atoms with Crippen LogP contribution >= 0.6 is 0 Å². The first-order valence-electron chi connectivity index (χ1n) is 7.88. The van der Waals surface area contributed by atoms with Gasteiger partial charge in [-0.25, -0.2) is 0 Å². The molecule has 0 fully saturated rings. The van der Waals surface area contributed by atoms with Crippen molar-refractivity contribution in [3.63, 3.8) is 0 Å². The normalized spacial score (nSPS) is 14.7. The molecule has 1 rings (SSSR count). The van der Waals surface area contributed by atoms with Crippen LogP contribution in [-0.2, 0) is 9.47 Å². The van der Waals surface area contributed by atoms with Crippen molar-refractivity contribution < 1.29 is 14.3 Å². The van der Waals surface area contributed by atoms with Gasteiger partial charge < -0.3 is 19.9 Å². The maximum absolute atomic E-state index is 9.18. The van der Waals surface area contributed by atoms with Crippen molar-refractivity contribution in [2.45, 2.75) is 47.0 Å². The number of hydrogen-bond acceptors (Lipinski definition) is 3. The second kappa shape index (κ2) is 9.24. The van der Waals surface area contributed by atoms with Gasteiger partial charge in [0.2, 0.25) is 5.76 Å². The second-order valence-corrected chi connectivity index (χ2v) is 4.89. The molecule has 0 aromatic carbocycles. The third kappa shape index (κ3) is 4.64. The number of hydrogen-bond donors (Lipinski definition) is 0. The summed E-state index contributed by atoms with van der Waals surface area (Å²) < 4.78 is 11.4. The third-order valence-electron chi connectivity index (χ3n) is 3.23. The molecule has 0 saturated heterocycles. The van der Waals surface area contributed by atoms with Gasteiger partial charge in [-0.1, -0.05) is 13.8 Å². The summed E-state index contributed by atoms with van der Waals surface area (Å²) >= 11 is 0. The zero-order valence-electron chi connectivity index (χ0n) is 13.7. The number of ether oxygens (including phenoxy) is 2. The molecule has 0 saturated carbocycles. The average molecular weight is 293 g/mol. The van der Waals surface area contributed by atoms with Crippen LogP contribution in [-0.4, -0.2) is 41.7 Å². The molecular formula is C16H27N3O2. The molecule has 0 atom stereocenters. The molecule has 0 spiro atoms. The Hall–Kier alpha value is -1.74. The van der Waals surface area contributed by atoms with E-state index in [1.54, 1.807) is 0 Å². The summed E-state index contributed by atoms with van der Waals surface area (Å²) in [5.74, 6) is 1.49. The van der Waals surface area contributed by atoms with Gasteiger partial charge in [0.15, 0.2) is 0 Å². The predicted molar refractivity (Wildman–Crippen MR) is 83.8 cm³/mol. The second-order valence-electron chi connectivity index (χ2n) is 4.89. The first-order chi connectivity index (χ1) is 10.2. The van der Waals surface area contributed by atoms with E-state index < -0.39 is 0 Å². The SMILES string of the molecule is CCCN(CCC)C1=C(OCC)CC(=[N+]=[N-])C(OCC)=C1. The molecule has 1 aliphatic rings. The number of allylic oxidation sites excluding steroid dienone is 3. The lowest BCUT2D eigenvalue weighted by atomic mass is 10.0. The lowest BCUT2D eigenvalue weighted by molar-refractivity contribution is -0.0137. The summed E-state index contributed by atoms with van der Waals surface area (Å²) in [6, 6.07) is 0. The van der Waals surface area contributed by atoms with E-state index in [0.29, 0.717) is 31.1 Å². The van der Waals surface area contributed by atoms with Crippen molar-refractivity contribution in [2.75, 3.05) is 26.3 Å². The van der Waals surface area contributed by atoms with Gasteiger partial charge in [-0.3, -0.25) is 0 Å². The van der Waals surface area contributed by atoms with E-state index in [1.165, 1.54) is 0 Å². The first-order valence-corrected chi connectivity index (χ1v) is 7.88. The highest BCUT2D eigenvalue weighted by atomic mass is 16.5. The Balaban J connectivity index is 3.20. The van der Waals surface area contributed by atoms with Crippen LogP contribution in [0.1, 0.15) is 47.0 Å². The van der Waals surface area contributed by atoms with Crippen LogP contribution in [0.15, 0.2) is 23.3 Å². The minimum atomic E-state index is 0.468. The molecule has 0 radical (unpaired) electrons. The predicted octanol–water partition coefficient (Wildman–Crippen LogP) is 3.35. The molecule has 0 amide bonds. The molecule has 0 aromatic rings. The molecule has 0 N–H and O–H groups in total. The lowest BCUT2D eigenvalue weighted by Crippen LogP contribution is -2.29. The lowest BCUT2D eigenvalue weighted by Gasteiger charge is -2.29. The van der Waals surface area contributed by atoms with Crippen molar-refractivity contribution in [1.82, 2.24) is 4.90 Å². The summed E-state index contributed by atoms with van der Waals surface area (Å²) in [7, 11) is 0. The Morgan fingerprint density at radius 1 is 1.10 bits per heavy atom. The molecule has 0 aromatic heterocycles. The Kier molecular flexibility index (Phi) is 7.62. The monoisotopic (exact) mass is 293 g/mol. The largest absolute Gasteiger partial charge is 0.495 e. The molecule has 0 heterocycles. The Morgan fingerprint density at radius 3 is 2.19 bits per heavy atom. The average Bonchev–Trinajstić information content (AvgIpc) is 2.48. The maximum atomic E-state index is 9.18. The van der Waals surface area contributed by atoms with Gasteiger partial charge in [0.1, 0.15) is 12.2 Å². The number of rotatable bonds is 9. The van der Waals surface area contributed by atoms with Crippen molar-refractivity contribution in [2.24, 2.45) is 0 Å². The molecule has 118 valence electrons. The molecule has 21 heavy (non-hydrogen) atoms. The molecular weight excluding hydrogens is 266 g/mol. The van der Waals surface area contributed by atoms with Crippen molar-refractivity contribution in [1.29, 1.82) is 0 Å². The van der Waals surface area contributed by atoms with Crippen LogP contribution in [0.4, 0.5) is 0 Å². The fourth-order valence-corrected chi connectivity index (χ4v) is 2.44. The van der Waals surface area contributed by atoms with Gasteiger partial charge in [0.05, 0.1) is 18.9 Å². The molecule has 0 aliphatic heterocycles. The van der Waals surface area contributed by atoms with Crippen LogP contribution < -0.4 is 0 Å².